The molecule has 130 valence electrons. The van der Waals surface area contributed by atoms with E-state index in [0.717, 1.165) is 26.2 Å². The van der Waals surface area contributed by atoms with Gasteiger partial charge in [0.2, 0.25) is 12.6 Å². The van der Waals surface area contributed by atoms with Crippen LogP contribution < -0.4 is 19.3 Å². The lowest BCUT2D eigenvalue weighted by atomic mass is 10.1. The van der Waals surface area contributed by atoms with E-state index >= 15 is 0 Å². The first-order valence-electron chi connectivity index (χ1n) is 8.46. The Bertz CT molecular complexity index is 788. The molecular formula is C19H20FN2O3+. The maximum absolute atomic E-state index is 13.9. The topological polar surface area (TPSA) is 43.2 Å². The number of piperazine rings is 1. The summed E-state index contributed by atoms with van der Waals surface area (Å²) >= 11 is 0. The van der Waals surface area contributed by atoms with Gasteiger partial charge in [-0.05, 0) is 30.3 Å². The number of ether oxygens (including phenoxy) is 2. The van der Waals surface area contributed by atoms with Crippen LogP contribution >= 0.6 is 0 Å². The number of anilines is 1. The highest BCUT2D eigenvalue weighted by Crippen LogP contribution is 2.32. The Morgan fingerprint density at radius 3 is 2.64 bits per heavy atom. The SMILES string of the molecule is O=C(C[NH+]1CCN(c2ccccc2F)CC1)c1ccc2c(c1)OCO2. The zero-order chi connectivity index (χ0) is 17.2. The third-order valence-electron chi connectivity index (χ3n) is 4.77. The molecule has 2 aromatic rings. The molecule has 0 radical (unpaired) electrons. The van der Waals surface area contributed by atoms with Crippen LogP contribution in [0, 0.1) is 5.82 Å². The number of rotatable bonds is 4. The highest BCUT2D eigenvalue weighted by Gasteiger charge is 2.25. The van der Waals surface area contributed by atoms with Gasteiger partial charge in [0.05, 0.1) is 31.9 Å². The molecule has 0 aromatic heterocycles. The molecule has 2 aliphatic heterocycles. The van der Waals surface area contributed by atoms with Crippen molar-refractivity contribution in [3.05, 3.63) is 53.8 Å². The normalized spacial score (nSPS) is 16.9. The predicted octanol–water partition coefficient (Wildman–Crippen LogP) is 1.14. The first-order chi connectivity index (χ1) is 12.2. The smallest absolute Gasteiger partial charge is 0.231 e. The summed E-state index contributed by atoms with van der Waals surface area (Å²) in [6.45, 7) is 3.74. The molecule has 1 N–H and O–H groups in total. The number of carbonyl (C=O) groups excluding carboxylic acids is 1. The number of nitrogens with one attached hydrogen (secondary N) is 1. The van der Waals surface area contributed by atoms with E-state index < -0.39 is 0 Å². The fraction of sp³-hybridized carbons (Fsp3) is 0.316. The second-order valence-corrected chi connectivity index (χ2v) is 6.36. The molecule has 0 aliphatic carbocycles. The minimum absolute atomic E-state index is 0.0904. The van der Waals surface area contributed by atoms with E-state index in [4.69, 9.17) is 9.47 Å². The van der Waals surface area contributed by atoms with Crippen molar-refractivity contribution < 1.29 is 23.6 Å². The monoisotopic (exact) mass is 343 g/mol. The molecule has 0 spiro atoms. The molecule has 0 unspecified atom stereocenters. The fourth-order valence-electron chi connectivity index (χ4n) is 3.35. The van der Waals surface area contributed by atoms with Gasteiger partial charge in [-0.1, -0.05) is 12.1 Å². The molecule has 2 aliphatic rings. The zero-order valence-corrected chi connectivity index (χ0v) is 13.8. The summed E-state index contributed by atoms with van der Waals surface area (Å²) < 4.78 is 24.5. The molecule has 0 amide bonds. The molecule has 0 saturated carbocycles. The Hall–Kier alpha value is -2.60. The summed E-state index contributed by atoms with van der Waals surface area (Å²) in [5.41, 5.74) is 1.29. The van der Waals surface area contributed by atoms with E-state index in [1.807, 2.05) is 11.0 Å². The number of Topliss-reactive ketones (excluding diaryl/α,β-unsaturated/α-hetero) is 1. The van der Waals surface area contributed by atoms with Gasteiger partial charge in [0.15, 0.2) is 11.5 Å². The third kappa shape index (κ3) is 3.30. The number of halogens is 1. The number of carbonyl (C=O) groups is 1. The molecule has 2 aromatic carbocycles. The Kier molecular flexibility index (Phi) is 4.28. The number of benzene rings is 2. The molecule has 25 heavy (non-hydrogen) atoms. The summed E-state index contributed by atoms with van der Waals surface area (Å²) in [5.74, 6) is 1.21. The van der Waals surface area contributed by atoms with Crippen molar-refractivity contribution in [3.8, 4) is 11.5 Å². The first kappa shape index (κ1) is 15.9. The summed E-state index contributed by atoms with van der Waals surface area (Å²) in [6, 6.07) is 12.1. The molecular weight excluding hydrogens is 323 g/mol. The first-order valence-corrected chi connectivity index (χ1v) is 8.46. The van der Waals surface area contributed by atoms with Crippen molar-refractivity contribution in [1.29, 1.82) is 0 Å². The van der Waals surface area contributed by atoms with Crippen LogP contribution in [0.1, 0.15) is 10.4 Å². The Labute approximate surface area is 145 Å². The number of hydrogen-bond acceptors (Lipinski definition) is 4. The second kappa shape index (κ2) is 6.72. The second-order valence-electron chi connectivity index (χ2n) is 6.36. The van der Waals surface area contributed by atoms with Crippen LogP contribution in [0.3, 0.4) is 0 Å². The van der Waals surface area contributed by atoms with E-state index in [9.17, 15) is 9.18 Å². The van der Waals surface area contributed by atoms with Crippen molar-refractivity contribution in [2.24, 2.45) is 0 Å². The van der Waals surface area contributed by atoms with E-state index in [0.29, 0.717) is 29.3 Å². The van der Waals surface area contributed by atoms with Gasteiger partial charge in [-0.25, -0.2) is 4.39 Å². The number of para-hydroxylation sites is 1. The van der Waals surface area contributed by atoms with Crippen LogP contribution in [-0.4, -0.2) is 45.3 Å². The van der Waals surface area contributed by atoms with E-state index in [1.165, 1.54) is 11.0 Å². The minimum atomic E-state index is -0.192. The molecule has 6 heteroatoms. The van der Waals surface area contributed by atoms with Crippen molar-refractivity contribution in [3.63, 3.8) is 0 Å². The largest absolute Gasteiger partial charge is 0.454 e. The number of ketones is 1. The number of fused-ring (bicyclic) bond motifs is 1. The standard InChI is InChI=1S/C19H19FN2O3/c20-15-3-1-2-4-16(15)22-9-7-21(8-10-22)12-17(23)14-5-6-18-19(11-14)25-13-24-18/h1-6,11H,7-10,12-13H2/p+1. The molecule has 0 atom stereocenters. The van der Waals surface area contributed by atoms with Crippen LogP contribution in [0.5, 0.6) is 11.5 Å². The van der Waals surface area contributed by atoms with Crippen LogP contribution in [-0.2, 0) is 0 Å². The van der Waals surface area contributed by atoms with Crippen LogP contribution in [0.25, 0.3) is 0 Å². The highest BCUT2D eigenvalue weighted by atomic mass is 19.1. The van der Waals surface area contributed by atoms with E-state index in [-0.39, 0.29) is 18.4 Å². The average Bonchev–Trinajstić information content (AvgIpc) is 3.10. The lowest BCUT2D eigenvalue weighted by Gasteiger charge is -2.33. The Morgan fingerprint density at radius 1 is 1.08 bits per heavy atom. The molecule has 2 heterocycles. The van der Waals surface area contributed by atoms with Crippen molar-refractivity contribution in [2.45, 2.75) is 0 Å². The lowest BCUT2D eigenvalue weighted by Crippen LogP contribution is -3.15. The minimum Gasteiger partial charge on any atom is -0.454 e. The lowest BCUT2D eigenvalue weighted by molar-refractivity contribution is -0.892. The number of nitrogens with zero attached hydrogens (tertiary/aromatic N) is 1. The highest BCUT2D eigenvalue weighted by molar-refractivity contribution is 5.97. The maximum Gasteiger partial charge on any atom is 0.231 e. The molecule has 1 fully saturated rings. The summed E-state index contributed by atoms with van der Waals surface area (Å²) in [6.07, 6.45) is 0. The zero-order valence-electron chi connectivity index (χ0n) is 13.8. The fourth-order valence-corrected chi connectivity index (χ4v) is 3.35. The van der Waals surface area contributed by atoms with Gasteiger partial charge < -0.3 is 19.3 Å². The number of hydrogen-bond donors (Lipinski definition) is 1. The van der Waals surface area contributed by atoms with E-state index in [2.05, 4.69) is 0 Å². The van der Waals surface area contributed by atoms with Crippen molar-refractivity contribution in [1.82, 2.24) is 0 Å². The van der Waals surface area contributed by atoms with Gasteiger partial charge in [-0.15, -0.1) is 0 Å². The van der Waals surface area contributed by atoms with E-state index in [1.54, 1.807) is 30.3 Å². The summed E-state index contributed by atoms with van der Waals surface area (Å²) in [7, 11) is 0. The van der Waals surface area contributed by atoms with Gasteiger partial charge in [0.25, 0.3) is 0 Å². The summed E-state index contributed by atoms with van der Waals surface area (Å²) in [5, 5.41) is 0. The molecule has 1 saturated heterocycles. The molecule has 4 rings (SSSR count). The third-order valence-corrected chi connectivity index (χ3v) is 4.77. The van der Waals surface area contributed by atoms with Gasteiger partial charge in [-0.3, -0.25) is 4.79 Å². The van der Waals surface area contributed by atoms with Gasteiger partial charge in [-0.2, -0.15) is 0 Å². The average molecular weight is 343 g/mol. The molecule has 5 nitrogen and oxygen atoms in total. The van der Waals surface area contributed by atoms with Crippen molar-refractivity contribution >= 4 is 11.5 Å². The van der Waals surface area contributed by atoms with Gasteiger partial charge in [0, 0.05) is 5.56 Å². The Balaban J connectivity index is 1.35. The quantitative estimate of drug-likeness (QED) is 0.846. The summed E-state index contributed by atoms with van der Waals surface area (Å²) in [4.78, 5) is 15.8. The maximum atomic E-state index is 13.9. The predicted molar refractivity (Wildman–Crippen MR) is 91.1 cm³/mol. The van der Waals surface area contributed by atoms with Gasteiger partial charge >= 0.3 is 0 Å². The van der Waals surface area contributed by atoms with Crippen LogP contribution in [0.15, 0.2) is 42.5 Å². The van der Waals surface area contributed by atoms with Gasteiger partial charge in [0.1, 0.15) is 12.4 Å². The Morgan fingerprint density at radius 2 is 1.84 bits per heavy atom. The van der Waals surface area contributed by atoms with Crippen LogP contribution in [0.2, 0.25) is 0 Å². The molecule has 0 bridgehead atoms. The van der Waals surface area contributed by atoms with Crippen LogP contribution in [0.4, 0.5) is 10.1 Å². The number of quaternary nitrogens is 1. The van der Waals surface area contributed by atoms with Crippen molar-refractivity contribution in [2.75, 3.05) is 44.4 Å².